The van der Waals surface area contributed by atoms with Crippen molar-refractivity contribution in [2.24, 2.45) is 0 Å². The number of hydrogen-bond donors (Lipinski definition) is 0. The summed E-state index contributed by atoms with van der Waals surface area (Å²) in [6, 6.07) is 0. The van der Waals surface area contributed by atoms with Crippen LogP contribution in [0.25, 0.3) is 0 Å². The average Bonchev–Trinajstić information content (AvgIpc) is 0.811. The Kier molecular flexibility index (Phi) is 26.4. The van der Waals surface area contributed by atoms with Crippen LogP contribution in [-0.2, 0) is 37.2 Å². The van der Waals surface area contributed by atoms with Gasteiger partial charge in [-0.25, -0.2) is 0 Å². The van der Waals surface area contributed by atoms with Crippen molar-refractivity contribution in [3.63, 3.8) is 0 Å². The van der Waals surface area contributed by atoms with Crippen LogP contribution in [0.2, 0.25) is 0 Å². The molecule has 0 aromatic rings. The van der Waals surface area contributed by atoms with Crippen LogP contribution in [0.4, 0.5) is 0 Å². The predicted molar refractivity (Wildman–Crippen MR) is 6.44 cm³/mol. The summed E-state index contributed by atoms with van der Waals surface area (Å²) in [5.41, 5.74) is 0. The zero-order valence-electron chi connectivity index (χ0n) is 2.66. The minimum atomic E-state index is -3.63. The second-order valence-electron chi connectivity index (χ2n) is 0.250. The first-order chi connectivity index (χ1) is 1.73. The fraction of sp³-hybridized carbons (Fsp3) is 0. The molecule has 0 aliphatic carbocycles. The number of hydrogen-bond acceptors (Lipinski definition) is 3. The molecule has 0 saturated heterocycles. The Morgan fingerprint density at radius 2 is 1.33 bits per heavy atom. The molecule has 0 aliphatic rings. The Morgan fingerprint density at radius 3 is 1.33 bits per heavy atom. The van der Waals surface area contributed by atoms with Gasteiger partial charge in [-0.05, 0) is 0 Å². The zero-order chi connectivity index (χ0) is 3.58. The van der Waals surface area contributed by atoms with E-state index in [1.165, 1.54) is 0 Å². The summed E-state index contributed by atoms with van der Waals surface area (Å²) in [6.45, 7) is 0. The summed E-state index contributed by atoms with van der Waals surface area (Å²) >= 11 is 0. The van der Waals surface area contributed by atoms with Gasteiger partial charge in [0.05, 0.1) is 0 Å². The van der Waals surface area contributed by atoms with Crippen molar-refractivity contribution < 1.29 is 86.7 Å². The molecule has 0 rings (SSSR count). The summed E-state index contributed by atoms with van der Waals surface area (Å²) < 4.78 is 8.52. The van der Waals surface area contributed by atoms with Gasteiger partial charge < -0.3 is 14.1 Å². The van der Waals surface area contributed by atoms with Crippen LogP contribution < -0.4 is 9.59 Å². The third kappa shape index (κ3) is 36.8. The van der Waals surface area contributed by atoms with E-state index in [2.05, 4.69) is 0 Å². The third-order valence-corrected chi connectivity index (χ3v) is 0. The van der Waals surface area contributed by atoms with E-state index in [1.807, 2.05) is 0 Å². The Labute approximate surface area is 94.0 Å². The van der Waals surface area contributed by atoms with Crippen LogP contribution in [-0.4, -0.2) is 9.17 Å². The first-order valence-electron chi connectivity index (χ1n) is 0.612. The molecule has 0 atom stereocenters. The molecule has 0 unspecified atom stereocenters. The number of rotatable bonds is 0. The SMILES string of the molecule is O=[Si]([O-])[O-].[Gd+3].[Y+3]. The topological polar surface area (TPSA) is 63.2 Å². The van der Waals surface area contributed by atoms with E-state index in [0.29, 0.717) is 0 Å². The second kappa shape index (κ2) is 10.1. The summed E-state index contributed by atoms with van der Waals surface area (Å²) in [5.74, 6) is 0. The van der Waals surface area contributed by atoms with Crippen LogP contribution >= 0.6 is 0 Å². The Morgan fingerprint density at radius 1 is 1.33 bits per heavy atom. The van der Waals surface area contributed by atoms with Crippen LogP contribution in [0.5, 0.6) is 0 Å². The molecule has 0 aromatic carbocycles. The van der Waals surface area contributed by atoms with Crippen molar-refractivity contribution in [2.45, 2.75) is 0 Å². The van der Waals surface area contributed by atoms with Gasteiger partial charge >= 0.3 is 72.6 Å². The average molecular weight is 322 g/mol. The zero-order valence-corrected chi connectivity index (χ0v) is 8.76. The van der Waals surface area contributed by atoms with Gasteiger partial charge in [-0.1, -0.05) is 0 Å². The molecular formula is GdO3SiY+4. The minimum absolute atomic E-state index is 0. The van der Waals surface area contributed by atoms with Gasteiger partial charge in [0.25, 0.3) is 0 Å². The molecule has 1 radical (unpaired) electrons. The van der Waals surface area contributed by atoms with Gasteiger partial charge in [0.15, 0.2) is 0 Å². The molecule has 3 nitrogen and oxygen atoms in total. The van der Waals surface area contributed by atoms with E-state index in [9.17, 15) is 0 Å². The van der Waals surface area contributed by atoms with Crippen molar-refractivity contribution in [1.29, 1.82) is 0 Å². The van der Waals surface area contributed by atoms with E-state index in [0.717, 1.165) is 0 Å². The van der Waals surface area contributed by atoms with Gasteiger partial charge in [0.1, 0.15) is 0 Å². The standard InChI is InChI=1S/Gd.O3Si.Y/c;1-4(2)3;/q+3;-2;+3. The Hall–Kier alpha value is 2.05. The molecule has 6 heteroatoms. The van der Waals surface area contributed by atoms with Crippen molar-refractivity contribution in [3.05, 3.63) is 0 Å². The quantitative estimate of drug-likeness (QED) is 0.450. The molecule has 0 aromatic heterocycles. The van der Waals surface area contributed by atoms with Gasteiger partial charge in [-0.3, -0.25) is 0 Å². The molecule has 0 heterocycles. The maximum atomic E-state index is 8.52. The fourth-order valence-corrected chi connectivity index (χ4v) is 0. The first kappa shape index (κ1) is 15.7. The smallest absolute Gasteiger partial charge is 0.672 e. The molecule has 0 N–H and O–H groups in total. The van der Waals surface area contributed by atoms with Crippen molar-refractivity contribution >= 4 is 9.17 Å². The normalized spacial score (nSPS) is 4.00. The largest absolute Gasteiger partial charge is 3.00 e. The maximum absolute atomic E-state index is 8.52. The van der Waals surface area contributed by atoms with Crippen molar-refractivity contribution in [1.82, 2.24) is 0 Å². The predicted octanol–water partition coefficient (Wildman–Crippen LogP) is -2.88. The molecule has 0 bridgehead atoms. The molecule has 0 amide bonds. The van der Waals surface area contributed by atoms with Crippen LogP contribution in [0.3, 0.4) is 0 Å². The van der Waals surface area contributed by atoms with E-state index in [-0.39, 0.29) is 72.6 Å². The van der Waals surface area contributed by atoms with Gasteiger partial charge in [0.2, 0.25) is 0 Å². The summed E-state index contributed by atoms with van der Waals surface area (Å²) in [5, 5.41) is 0. The van der Waals surface area contributed by atoms with Crippen molar-refractivity contribution in [3.8, 4) is 0 Å². The van der Waals surface area contributed by atoms with E-state index >= 15 is 0 Å². The Bertz CT molecular complexity index is 33.8. The van der Waals surface area contributed by atoms with Gasteiger partial charge in [0, 0.05) is 9.17 Å². The molecule has 6 heavy (non-hydrogen) atoms. The van der Waals surface area contributed by atoms with Gasteiger partial charge in [-0.2, -0.15) is 0 Å². The van der Waals surface area contributed by atoms with Crippen LogP contribution in [0.15, 0.2) is 0 Å². The first-order valence-corrected chi connectivity index (χ1v) is 1.84. The van der Waals surface area contributed by atoms with E-state index in [4.69, 9.17) is 14.1 Å². The second-order valence-corrected chi connectivity index (χ2v) is 0.750. The van der Waals surface area contributed by atoms with Crippen LogP contribution in [0, 0.1) is 39.9 Å². The summed E-state index contributed by atoms with van der Waals surface area (Å²) in [4.78, 5) is 17.0. The monoisotopic (exact) mass is 323 g/mol. The maximum Gasteiger partial charge on any atom is 3.00 e. The molecule has 29 valence electrons. The Balaban J connectivity index is -0.0000000450. The van der Waals surface area contributed by atoms with Crippen LogP contribution in [0.1, 0.15) is 0 Å². The minimum Gasteiger partial charge on any atom is -0.672 e. The van der Waals surface area contributed by atoms with E-state index in [1.54, 1.807) is 0 Å². The molecule has 0 spiro atoms. The third-order valence-electron chi connectivity index (χ3n) is 0. The summed E-state index contributed by atoms with van der Waals surface area (Å²) in [7, 11) is -3.63. The molecule has 0 aliphatic heterocycles. The van der Waals surface area contributed by atoms with E-state index < -0.39 is 9.17 Å². The van der Waals surface area contributed by atoms with Crippen molar-refractivity contribution in [2.75, 3.05) is 0 Å². The molecule has 0 fully saturated rings. The van der Waals surface area contributed by atoms with Gasteiger partial charge in [-0.15, -0.1) is 0 Å². The summed E-state index contributed by atoms with van der Waals surface area (Å²) in [6.07, 6.45) is 0. The molecular weight excluding hydrogens is 322 g/mol. The molecule has 0 saturated carbocycles. The fourth-order valence-electron chi connectivity index (χ4n) is 0.